The van der Waals surface area contributed by atoms with Gasteiger partial charge in [0.15, 0.2) is 22.9 Å². The maximum Gasteiger partial charge on any atom is 0.195 e. The minimum atomic E-state index is 0.446. The van der Waals surface area contributed by atoms with Crippen molar-refractivity contribution < 1.29 is 0 Å². The SMILES string of the molecule is [C-]#[N+]c1cccc(-c2cc(-c3ccc(-c4ccc(-n5c6ccc(-n7c8ccccc8c8ccccc87)cc6c6cc(-n7c8ccccc8c8ccccc87)ccc65)cc4)c([N+]#[C-])c3)nc(-c3cccc([N+]#[C-])c3)n2)c1. The second-order valence-electron chi connectivity index (χ2n) is 18.7. The van der Waals surface area contributed by atoms with Crippen molar-refractivity contribution in [3.8, 4) is 62.1 Å². The Morgan fingerprint density at radius 2 is 0.707 bits per heavy atom. The maximum atomic E-state index is 8.42. The van der Waals surface area contributed by atoms with Crippen LogP contribution in [0.4, 0.5) is 17.1 Å². The van der Waals surface area contributed by atoms with Crippen LogP contribution in [0.15, 0.2) is 231 Å². The lowest BCUT2D eigenvalue weighted by molar-refractivity contribution is 1.16. The number of fused-ring (bicyclic) bond motifs is 9. The molecule has 0 atom stereocenters. The Morgan fingerprint density at radius 1 is 0.293 bits per heavy atom. The Kier molecular flexibility index (Phi) is 9.85. The van der Waals surface area contributed by atoms with Gasteiger partial charge in [0.2, 0.25) is 0 Å². The molecule has 0 aliphatic carbocycles. The van der Waals surface area contributed by atoms with Gasteiger partial charge >= 0.3 is 0 Å². The highest BCUT2D eigenvalue weighted by molar-refractivity contribution is 6.14. The van der Waals surface area contributed by atoms with Gasteiger partial charge in [-0.05, 0) is 119 Å². The monoisotopic (exact) mass is 954 g/mol. The molecule has 0 aliphatic rings. The molecule has 0 bridgehead atoms. The van der Waals surface area contributed by atoms with Gasteiger partial charge in [-0.2, -0.15) is 0 Å². The van der Waals surface area contributed by atoms with Gasteiger partial charge in [-0.25, -0.2) is 24.5 Å². The van der Waals surface area contributed by atoms with Gasteiger partial charge in [0.1, 0.15) is 0 Å². The summed E-state index contributed by atoms with van der Waals surface area (Å²) in [5.74, 6) is 0.446. The Balaban J connectivity index is 0.901. The van der Waals surface area contributed by atoms with E-state index in [1.54, 1.807) is 18.2 Å². The zero-order valence-electron chi connectivity index (χ0n) is 40.0. The summed E-state index contributed by atoms with van der Waals surface area (Å²) in [5.41, 5.74) is 16.6. The minimum absolute atomic E-state index is 0.446. The first kappa shape index (κ1) is 43.0. The molecule has 14 rings (SSSR count). The predicted molar refractivity (Wildman–Crippen MR) is 306 cm³/mol. The van der Waals surface area contributed by atoms with Crippen molar-refractivity contribution in [1.82, 2.24) is 23.7 Å². The summed E-state index contributed by atoms with van der Waals surface area (Å²) >= 11 is 0. The largest absolute Gasteiger partial charge is 0.309 e. The highest BCUT2D eigenvalue weighted by Crippen LogP contribution is 2.42. The smallest absolute Gasteiger partial charge is 0.195 e. The first-order chi connectivity index (χ1) is 37.0. The molecule has 0 spiro atoms. The molecule has 8 nitrogen and oxygen atoms in total. The molecule has 0 fully saturated rings. The Hall–Kier alpha value is -10.9. The molecule has 75 heavy (non-hydrogen) atoms. The second kappa shape index (κ2) is 17.2. The molecule has 0 unspecified atom stereocenters. The van der Waals surface area contributed by atoms with Crippen molar-refractivity contribution in [1.29, 1.82) is 0 Å². The normalized spacial score (nSPS) is 11.4. The third-order valence-corrected chi connectivity index (χ3v) is 14.5. The lowest BCUT2D eigenvalue weighted by Crippen LogP contribution is -1.96. The van der Waals surface area contributed by atoms with Crippen LogP contribution >= 0.6 is 0 Å². The number of benzene rings is 10. The van der Waals surface area contributed by atoms with E-state index in [0.29, 0.717) is 39.8 Å². The quantitative estimate of drug-likeness (QED) is 0.149. The summed E-state index contributed by atoms with van der Waals surface area (Å²) in [4.78, 5) is 21.2. The molecule has 0 aliphatic heterocycles. The highest BCUT2D eigenvalue weighted by atomic mass is 15.0. The van der Waals surface area contributed by atoms with E-state index in [9.17, 15) is 0 Å². The Bertz CT molecular complexity index is 4460. The van der Waals surface area contributed by atoms with E-state index in [1.807, 2.05) is 54.6 Å². The molecule has 0 amide bonds. The summed E-state index contributed by atoms with van der Waals surface area (Å²) in [6, 6.07) is 79.1. The zero-order chi connectivity index (χ0) is 50.1. The fourth-order valence-corrected chi connectivity index (χ4v) is 11.1. The molecule has 0 saturated carbocycles. The standard InChI is InChI=1S/C67H38N8/c1-68-46-16-12-14-43(36-46)58-41-59(72-67(71-58)45-15-13-17-47(37-45)69-2)44-28-33-51(60(38-44)70-3)42-26-29-48(30-27-42)73-65-34-31-49(74-61-22-8-4-18-52(61)53-19-5-9-23-62(53)74)39-56(65)57-40-50(32-35-66(57)73)75-63-24-10-6-20-54(63)55-21-7-11-25-64(55)75/h4-41H. The third-order valence-electron chi connectivity index (χ3n) is 14.5. The van der Waals surface area contributed by atoms with Crippen molar-refractivity contribution in [2.45, 2.75) is 0 Å². The predicted octanol–water partition coefficient (Wildman–Crippen LogP) is 18.1. The van der Waals surface area contributed by atoms with Gasteiger partial charge < -0.3 is 13.7 Å². The van der Waals surface area contributed by atoms with E-state index in [4.69, 9.17) is 29.7 Å². The number of hydrogen-bond acceptors (Lipinski definition) is 2. The van der Waals surface area contributed by atoms with Gasteiger partial charge in [-0.1, -0.05) is 133 Å². The fourth-order valence-electron chi connectivity index (χ4n) is 11.1. The average molecular weight is 955 g/mol. The average Bonchev–Trinajstić information content (AvgIpc) is 4.15. The fraction of sp³-hybridized carbons (Fsp3) is 0. The van der Waals surface area contributed by atoms with E-state index in [2.05, 4.69) is 186 Å². The molecule has 346 valence electrons. The van der Waals surface area contributed by atoms with Crippen LogP contribution in [0.5, 0.6) is 0 Å². The van der Waals surface area contributed by atoms with E-state index in [-0.39, 0.29) is 0 Å². The first-order valence-electron chi connectivity index (χ1n) is 24.6. The van der Waals surface area contributed by atoms with Crippen LogP contribution in [0.25, 0.3) is 142 Å². The van der Waals surface area contributed by atoms with Crippen molar-refractivity contribution in [2.75, 3.05) is 0 Å². The van der Waals surface area contributed by atoms with E-state index in [0.717, 1.165) is 83.2 Å². The van der Waals surface area contributed by atoms with Crippen LogP contribution in [-0.2, 0) is 0 Å². The number of para-hydroxylation sites is 4. The number of hydrogen-bond donors (Lipinski definition) is 0. The van der Waals surface area contributed by atoms with Gasteiger partial charge in [0.05, 0.1) is 64.2 Å². The van der Waals surface area contributed by atoms with Crippen LogP contribution < -0.4 is 0 Å². The van der Waals surface area contributed by atoms with Gasteiger partial charge in [0.25, 0.3) is 0 Å². The molecule has 4 aromatic heterocycles. The van der Waals surface area contributed by atoms with Gasteiger partial charge in [-0.15, -0.1) is 0 Å². The number of nitrogens with zero attached hydrogens (tertiary/aromatic N) is 8. The Labute approximate surface area is 431 Å². The summed E-state index contributed by atoms with van der Waals surface area (Å²) in [5, 5.41) is 7.15. The molecule has 10 aromatic carbocycles. The van der Waals surface area contributed by atoms with Crippen LogP contribution in [0, 0.1) is 19.7 Å². The van der Waals surface area contributed by atoms with Gasteiger partial charge in [0, 0.05) is 54.9 Å². The van der Waals surface area contributed by atoms with Gasteiger partial charge in [-0.3, -0.25) is 0 Å². The van der Waals surface area contributed by atoms with E-state index >= 15 is 0 Å². The lowest BCUT2D eigenvalue weighted by Gasteiger charge is -2.13. The third kappa shape index (κ3) is 6.96. The topological polar surface area (TPSA) is 53.6 Å². The molecular formula is C67H38N8. The van der Waals surface area contributed by atoms with Crippen molar-refractivity contribution in [3.05, 3.63) is 265 Å². The first-order valence-corrected chi connectivity index (χ1v) is 24.6. The summed E-state index contributed by atoms with van der Waals surface area (Å²) in [7, 11) is 0. The lowest BCUT2D eigenvalue weighted by atomic mass is 9.99. The summed E-state index contributed by atoms with van der Waals surface area (Å²) < 4.78 is 7.12. The molecule has 0 saturated heterocycles. The van der Waals surface area contributed by atoms with Crippen LogP contribution in [0.3, 0.4) is 0 Å². The van der Waals surface area contributed by atoms with Crippen molar-refractivity contribution >= 4 is 82.5 Å². The molecule has 8 heteroatoms. The van der Waals surface area contributed by atoms with Crippen molar-refractivity contribution in [3.63, 3.8) is 0 Å². The van der Waals surface area contributed by atoms with Crippen LogP contribution in [0.2, 0.25) is 0 Å². The number of aromatic nitrogens is 5. The number of rotatable bonds is 7. The molecule has 0 N–H and O–H groups in total. The minimum Gasteiger partial charge on any atom is -0.309 e. The molecule has 0 radical (unpaired) electrons. The highest BCUT2D eigenvalue weighted by Gasteiger charge is 2.20. The van der Waals surface area contributed by atoms with E-state index in [1.165, 1.54) is 21.5 Å². The molecular weight excluding hydrogens is 917 g/mol. The molecule has 4 heterocycles. The Morgan fingerprint density at radius 3 is 1.20 bits per heavy atom. The van der Waals surface area contributed by atoms with Crippen LogP contribution in [-0.4, -0.2) is 23.7 Å². The zero-order valence-corrected chi connectivity index (χ0v) is 40.0. The second-order valence-corrected chi connectivity index (χ2v) is 18.7. The molecule has 14 aromatic rings. The van der Waals surface area contributed by atoms with E-state index < -0.39 is 0 Å². The summed E-state index contributed by atoms with van der Waals surface area (Å²) in [6.45, 7) is 23.7. The maximum absolute atomic E-state index is 8.42. The van der Waals surface area contributed by atoms with Crippen LogP contribution in [0.1, 0.15) is 0 Å². The summed E-state index contributed by atoms with van der Waals surface area (Å²) in [6.07, 6.45) is 0. The van der Waals surface area contributed by atoms with Crippen molar-refractivity contribution in [2.24, 2.45) is 0 Å².